The first-order chi connectivity index (χ1) is 11.6. The van der Waals surface area contributed by atoms with Gasteiger partial charge in [0.1, 0.15) is 0 Å². The Morgan fingerprint density at radius 3 is 2.50 bits per heavy atom. The van der Waals surface area contributed by atoms with E-state index in [0.29, 0.717) is 16.0 Å². The van der Waals surface area contributed by atoms with Crippen LogP contribution in [0.15, 0.2) is 36.4 Å². The van der Waals surface area contributed by atoms with Gasteiger partial charge in [-0.3, -0.25) is 4.90 Å². The molecule has 1 aliphatic heterocycles. The first-order valence-corrected chi connectivity index (χ1v) is 8.74. The summed E-state index contributed by atoms with van der Waals surface area (Å²) in [6.07, 6.45) is 1.10. The van der Waals surface area contributed by atoms with E-state index in [0.717, 1.165) is 43.1 Å². The summed E-state index contributed by atoms with van der Waals surface area (Å²) in [6.45, 7) is 2.86. The standard InChI is InChI=1S/C19H21Cl2NO2/c1-23-18-5-3-4-14(19(18)24-2)12-22-7-6-13(11-22)15-8-16(20)10-17(21)9-15/h3-5,8-10,13H,6-7,11-12H2,1-2H3. The minimum Gasteiger partial charge on any atom is -0.493 e. The van der Waals surface area contributed by atoms with Crippen molar-refractivity contribution in [3.8, 4) is 11.5 Å². The Labute approximate surface area is 153 Å². The highest BCUT2D eigenvalue weighted by molar-refractivity contribution is 6.34. The minimum atomic E-state index is 0.456. The van der Waals surface area contributed by atoms with E-state index >= 15 is 0 Å². The Bertz CT molecular complexity index is 700. The van der Waals surface area contributed by atoms with Crippen LogP contribution in [0, 0.1) is 0 Å². The molecule has 0 aromatic heterocycles. The molecule has 24 heavy (non-hydrogen) atoms. The number of hydrogen-bond acceptors (Lipinski definition) is 3. The molecule has 0 saturated carbocycles. The molecule has 1 atom stereocenters. The summed E-state index contributed by atoms with van der Waals surface area (Å²) in [5.41, 5.74) is 2.36. The maximum atomic E-state index is 6.14. The van der Waals surface area contributed by atoms with Crippen molar-refractivity contribution in [2.75, 3.05) is 27.3 Å². The fraction of sp³-hybridized carbons (Fsp3) is 0.368. The van der Waals surface area contributed by atoms with E-state index in [4.69, 9.17) is 32.7 Å². The quantitative estimate of drug-likeness (QED) is 0.743. The van der Waals surface area contributed by atoms with E-state index in [1.54, 1.807) is 20.3 Å². The third-order valence-corrected chi connectivity index (χ3v) is 4.94. The van der Waals surface area contributed by atoms with Crippen LogP contribution in [0.25, 0.3) is 0 Å². The molecule has 128 valence electrons. The van der Waals surface area contributed by atoms with Crippen LogP contribution in [-0.2, 0) is 6.54 Å². The highest BCUT2D eigenvalue weighted by Crippen LogP contribution is 2.35. The molecule has 0 N–H and O–H groups in total. The lowest BCUT2D eigenvalue weighted by Gasteiger charge is -2.19. The van der Waals surface area contributed by atoms with Gasteiger partial charge in [0.25, 0.3) is 0 Å². The lowest BCUT2D eigenvalue weighted by molar-refractivity contribution is 0.309. The lowest BCUT2D eigenvalue weighted by atomic mass is 9.98. The minimum absolute atomic E-state index is 0.456. The molecule has 1 fully saturated rings. The van der Waals surface area contributed by atoms with E-state index in [9.17, 15) is 0 Å². The molecule has 5 heteroatoms. The van der Waals surface area contributed by atoms with Crippen molar-refractivity contribution in [3.05, 3.63) is 57.6 Å². The number of para-hydroxylation sites is 1. The summed E-state index contributed by atoms with van der Waals surface area (Å²) in [5, 5.41) is 1.40. The molecule has 0 radical (unpaired) electrons. The summed E-state index contributed by atoms with van der Waals surface area (Å²) in [5.74, 6) is 2.04. The first kappa shape index (κ1) is 17.4. The number of methoxy groups -OCH3 is 2. The highest BCUT2D eigenvalue weighted by Gasteiger charge is 2.25. The maximum Gasteiger partial charge on any atom is 0.165 e. The second-order valence-electron chi connectivity index (χ2n) is 6.08. The Kier molecular flexibility index (Phi) is 5.54. The van der Waals surface area contributed by atoms with Crippen molar-refractivity contribution < 1.29 is 9.47 Å². The van der Waals surface area contributed by atoms with Crippen LogP contribution in [-0.4, -0.2) is 32.2 Å². The van der Waals surface area contributed by atoms with Crippen molar-refractivity contribution in [3.63, 3.8) is 0 Å². The molecule has 1 unspecified atom stereocenters. The van der Waals surface area contributed by atoms with Gasteiger partial charge in [-0.1, -0.05) is 35.3 Å². The van der Waals surface area contributed by atoms with Gasteiger partial charge in [-0.05, 0) is 48.7 Å². The zero-order valence-electron chi connectivity index (χ0n) is 13.9. The SMILES string of the molecule is COc1cccc(CN2CCC(c3cc(Cl)cc(Cl)c3)C2)c1OC. The van der Waals surface area contributed by atoms with E-state index < -0.39 is 0 Å². The molecular formula is C19H21Cl2NO2. The largest absolute Gasteiger partial charge is 0.493 e. The van der Waals surface area contributed by atoms with E-state index in [2.05, 4.69) is 11.0 Å². The van der Waals surface area contributed by atoms with Crippen LogP contribution in [0.2, 0.25) is 10.0 Å². The normalized spacial score (nSPS) is 17.9. The summed E-state index contributed by atoms with van der Waals surface area (Å²) in [6, 6.07) is 11.8. The van der Waals surface area contributed by atoms with Gasteiger partial charge >= 0.3 is 0 Å². The summed E-state index contributed by atoms with van der Waals surface area (Å²) in [4.78, 5) is 2.43. The Balaban J connectivity index is 1.73. The zero-order chi connectivity index (χ0) is 17.1. The van der Waals surface area contributed by atoms with Gasteiger partial charge < -0.3 is 9.47 Å². The van der Waals surface area contributed by atoms with Gasteiger partial charge in [0.05, 0.1) is 14.2 Å². The van der Waals surface area contributed by atoms with Crippen molar-refractivity contribution in [1.29, 1.82) is 0 Å². The van der Waals surface area contributed by atoms with Crippen LogP contribution in [0.3, 0.4) is 0 Å². The molecule has 0 bridgehead atoms. The topological polar surface area (TPSA) is 21.7 Å². The molecule has 3 rings (SSSR count). The van der Waals surface area contributed by atoms with Crippen molar-refractivity contribution in [2.24, 2.45) is 0 Å². The van der Waals surface area contributed by atoms with Crippen LogP contribution >= 0.6 is 23.2 Å². The number of halogens is 2. The number of nitrogens with zero attached hydrogens (tertiary/aromatic N) is 1. The monoisotopic (exact) mass is 365 g/mol. The molecule has 1 heterocycles. The average molecular weight is 366 g/mol. The van der Waals surface area contributed by atoms with Crippen molar-refractivity contribution >= 4 is 23.2 Å². The predicted octanol–water partition coefficient (Wildman–Crippen LogP) is 5.00. The summed E-state index contributed by atoms with van der Waals surface area (Å²) < 4.78 is 10.9. The van der Waals surface area contributed by atoms with Gasteiger partial charge in [0.15, 0.2) is 11.5 Å². The highest BCUT2D eigenvalue weighted by atomic mass is 35.5. The second kappa shape index (κ2) is 7.64. The Morgan fingerprint density at radius 1 is 1.08 bits per heavy atom. The molecule has 3 nitrogen and oxygen atoms in total. The fourth-order valence-electron chi connectivity index (χ4n) is 3.38. The van der Waals surface area contributed by atoms with Crippen molar-refractivity contribution in [1.82, 2.24) is 4.90 Å². The maximum absolute atomic E-state index is 6.14. The fourth-order valence-corrected chi connectivity index (χ4v) is 3.92. The van der Waals surface area contributed by atoms with Crippen LogP contribution in [0.4, 0.5) is 0 Å². The molecule has 0 aliphatic carbocycles. The molecule has 1 aliphatic rings. The van der Waals surface area contributed by atoms with Gasteiger partial charge in [0, 0.05) is 28.7 Å². The first-order valence-electron chi connectivity index (χ1n) is 7.99. The molecule has 0 amide bonds. The number of benzene rings is 2. The van der Waals surface area contributed by atoms with E-state index in [1.807, 2.05) is 24.3 Å². The van der Waals surface area contributed by atoms with Crippen LogP contribution < -0.4 is 9.47 Å². The molecule has 0 spiro atoms. The van der Waals surface area contributed by atoms with Gasteiger partial charge in [-0.2, -0.15) is 0 Å². The van der Waals surface area contributed by atoms with Crippen molar-refractivity contribution in [2.45, 2.75) is 18.9 Å². The van der Waals surface area contributed by atoms with E-state index in [1.165, 1.54) is 5.56 Å². The number of hydrogen-bond donors (Lipinski definition) is 0. The number of rotatable bonds is 5. The molecule has 1 saturated heterocycles. The molecular weight excluding hydrogens is 345 g/mol. The number of likely N-dealkylation sites (tertiary alicyclic amines) is 1. The van der Waals surface area contributed by atoms with E-state index in [-0.39, 0.29) is 0 Å². The third kappa shape index (κ3) is 3.80. The van der Waals surface area contributed by atoms with Gasteiger partial charge in [0.2, 0.25) is 0 Å². The Morgan fingerprint density at radius 2 is 1.83 bits per heavy atom. The second-order valence-corrected chi connectivity index (χ2v) is 6.95. The smallest absolute Gasteiger partial charge is 0.165 e. The van der Waals surface area contributed by atoms with Gasteiger partial charge in [-0.15, -0.1) is 0 Å². The summed E-state index contributed by atoms with van der Waals surface area (Å²) >= 11 is 12.3. The van der Waals surface area contributed by atoms with Crippen LogP contribution in [0.1, 0.15) is 23.5 Å². The van der Waals surface area contributed by atoms with Crippen LogP contribution in [0.5, 0.6) is 11.5 Å². The molecule has 2 aromatic rings. The Hall–Kier alpha value is -1.42. The lowest BCUT2D eigenvalue weighted by Crippen LogP contribution is -2.20. The third-order valence-electron chi connectivity index (χ3n) is 4.51. The number of ether oxygens (including phenoxy) is 2. The zero-order valence-corrected chi connectivity index (χ0v) is 15.4. The summed E-state index contributed by atoms with van der Waals surface area (Å²) in [7, 11) is 3.35. The van der Waals surface area contributed by atoms with Gasteiger partial charge in [-0.25, -0.2) is 0 Å². The molecule has 2 aromatic carbocycles. The predicted molar refractivity (Wildman–Crippen MR) is 98.6 cm³/mol. The average Bonchev–Trinajstić information content (AvgIpc) is 3.02.